The number of nitriles is 1. The second-order valence-electron chi connectivity index (χ2n) is 6.12. The summed E-state index contributed by atoms with van der Waals surface area (Å²) >= 11 is 0. The first-order valence-electron chi connectivity index (χ1n) is 8.51. The van der Waals surface area contributed by atoms with E-state index in [0.717, 1.165) is 25.2 Å². The number of ether oxygens (including phenoxy) is 1. The van der Waals surface area contributed by atoms with Crippen molar-refractivity contribution in [3.63, 3.8) is 0 Å². The van der Waals surface area contributed by atoms with Gasteiger partial charge in [0.05, 0.1) is 37.7 Å². The number of benzene rings is 1. The molecule has 1 aromatic carbocycles. The van der Waals surface area contributed by atoms with Crippen LogP contribution in [0, 0.1) is 11.3 Å². The van der Waals surface area contributed by atoms with E-state index < -0.39 is 11.7 Å². The maximum absolute atomic E-state index is 12.8. The van der Waals surface area contributed by atoms with Gasteiger partial charge in [-0.1, -0.05) is 18.2 Å². The van der Waals surface area contributed by atoms with Crippen molar-refractivity contribution in [2.75, 3.05) is 45.9 Å². The van der Waals surface area contributed by atoms with Crippen LogP contribution in [-0.2, 0) is 22.1 Å². The Hall–Kier alpha value is -2.11. The zero-order chi connectivity index (χ0) is 19.0. The molecule has 0 atom stereocenters. The summed E-state index contributed by atoms with van der Waals surface area (Å²) in [6.45, 7) is 4.25. The highest BCUT2D eigenvalue weighted by Crippen LogP contribution is 2.29. The number of carbonyl (C=O) groups excluding carboxylic acids is 1. The minimum Gasteiger partial charge on any atom is -0.379 e. The third-order valence-electron chi connectivity index (χ3n) is 4.25. The van der Waals surface area contributed by atoms with Crippen LogP contribution in [-0.4, -0.2) is 61.6 Å². The van der Waals surface area contributed by atoms with Crippen molar-refractivity contribution < 1.29 is 22.7 Å². The van der Waals surface area contributed by atoms with Crippen LogP contribution in [0.25, 0.3) is 0 Å². The zero-order valence-corrected chi connectivity index (χ0v) is 14.5. The van der Waals surface area contributed by atoms with Crippen LogP contribution in [0.15, 0.2) is 24.3 Å². The molecule has 1 aliphatic rings. The van der Waals surface area contributed by atoms with E-state index >= 15 is 0 Å². The minimum absolute atomic E-state index is 0.113. The van der Waals surface area contributed by atoms with Crippen LogP contribution in [0.4, 0.5) is 13.2 Å². The Labute approximate surface area is 150 Å². The number of morpholine rings is 1. The van der Waals surface area contributed by atoms with Crippen molar-refractivity contribution >= 4 is 5.91 Å². The number of rotatable bonds is 7. The fourth-order valence-corrected chi connectivity index (χ4v) is 2.78. The van der Waals surface area contributed by atoms with Crippen LogP contribution >= 0.6 is 0 Å². The molecule has 5 nitrogen and oxygen atoms in total. The van der Waals surface area contributed by atoms with Gasteiger partial charge in [-0.25, -0.2) is 0 Å². The van der Waals surface area contributed by atoms with Gasteiger partial charge in [-0.3, -0.25) is 9.69 Å². The lowest BCUT2D eigenvalue weighted by Gasteiger charge is -2.30. The highest BCUT2D eigenvalue weighted by molar-refractivity contribution is 5.78. The van der Waals surface area contributed by atoms with E-state index in [0.29, 0.717) is 31.9 Å². The maximum Gasteiger partial charge on any atom is 0.416 e. The third-order valence-corrected chi connectivity index (χ3v) is 4.25. The molecule has 1 aromatic rings. The molecule has 8 heteroatoms. The predicted molar refractivity (Wildman–Crippen MR) is 89.2 cm³/mol. The summed E-state index contributed by atoms with van der Waals surface area (Å²) in [6.07, 6.45) is -4.36. The van der Waals surface area contributed by atoms with E-state index in [-0.39, 0.29) is 25.3 Å². The van der Waals surface area contributed by atoms with Gasteiger partial charge in [0.1, 0.15) is 0 Å². The predicted octanol–water partition coefficient (Wildman–Crippen LogP) is 2.32. The molecule has 0 aliphatic carbocycles. The number of hydrogen-bond acceptors (Lipinski definition) is 4. The van der Waals surface area contributed by atoms with E-state index in [4.69, 9.17) is 10.00 Å². The van der Waals surface area contributed by atoms with Crippen LogP contribution in [0.2, 0.25) is 0 Å². The monoisotopic (exact) mass is 369 g/mol. The molecule has 1 amide bonds. The van der Waals surface area contributed by atoms with E-state index in [9.17, 15) is 18.0 Å². The van der Waals surface area contributed by atoms with Gasteiger partial charge in [-0.2, -0.15) is 18.4 Å². The summed E-state index contributed by atoms with van der Waals surface area (Å²) in [5.41, 5.74) is -0.446. The molecule has 0 bridgehead atoms. The van der Waals surface area contributed by atoms with E-state index in [1.165, 1.54) is 12.1 Å². The molecule has 142 valence electrons. The molecule has 1 fully saturated rings. The van der Waals surface area contributed by atoms with Gasteiger partial charge in [0.2, 0.25) is 5.91 Å². The first-order valence-corrected chi connectivity index (χ1v) is 8.51. The maximum atomic E-state index is 12.8. The Morgan fingerprint density at radius 3 is 2.65 bits per heavy atom. The second-order valence-corrected chi connectivity index (χ2v) is 6.12. The van der Waals surface area contributed by atoms with Crippen molar-refractivity contribution in [1.29, 1.82) is 5.26 Å². The topological polar surface area (TPSA) is 56.6 Å². The molecule has 0 spiro atoms. The lowest BCUT2D eigenvalue weighted by atomic mass is 10.1. The van der Waals surface area contributed by atoms with Crippen LogP contribution in [0.3, 0.4) is 0 Å². The largest absolute Gasteiger partial charge is 0.416 e. The standard InChI is InChI=1S/C18H22F3N3O2/c19-18(20,21)16-4-1-3-15(13-16)14-17(25)24(6-2-5-22)8-7-23-9-11-26-12-10-23/h1,3-4,13H,2,6-12,14H2. The first kappa shape index (κ1) is 20.2. The first-order chi connectivity index (χ1) is 12.4. The normalized spacial score (nSPS) is 15.5. The van der Waals surface area contributed by atoms with Gasteiger partial charge in [0.25, 0.3) is 0 Å². The fraction of sp³-hybridized carbons (Fsp3) is 0.556. The van der Waals surface area contributed by atoms with Crippen molar-refractivity contribution in [2.24, 2.45) is 0 Å². The van der Waals surface area contributed by atoms with Gasteiger partial charge >= 0.3 is 6.18 Å². The number of amides is 1. The lowest BCUT2D eigenvalue weighted by Crippen LogP contribution is -2.43. The molecule has 1 heterocycles. The molecule has 0 aromatic heterocycles. The highest BCUT2D eigenvalue weighted by atomic mass is 19.4. The number of carbonyl (C=O) groups is 1. The quantitative estimate of drug-likeness (QED) is 0.740. The van der Waals surface area contributed by atoms with Gasteiger partial charge in [-0.15, -0.1) is 0 Å². The molecule has 1 saturated heterocycles. The number of hydrogen-bond donors (Lipinski definition) is 0. The smallest absolute Gasteiger partial charge is 0.379 e. The Balaban J connectivity index is 1.98. The van der Waals surface area contributed by atoms with Crippen LogP contribution in [0.1, 0.15) is 17.5 Å². The van der Waals surface area contributed by atoms with Crippen molar-refractivity contribution in [1.82, 2.24) is 9.80 Å². The third kappa shape index (κ3) is 6.32. The second kappa shape index (κ2) is 9.55. The fourth-order valence-electron chi connectivity index (χ4n) is 2.78. The summed E-state index contributed by atoms with van der Waals surface area (Å²) in [5, 5.41) is 8.79. The SMILES string of the molecule is N#CCCN(CCN1CCOCC1)C(=O)Cc1cccc(C(F)(F)F)c1. The van der Waals surface area contributed by atoms with E-state index in [1.807, 2.05) is 6.07 Å². The summed E-state index contributed by atoms with van der Waals surface area (Å²) in [5.74, 6) is -0.271. The molecule has 0 radical (unpaired) electrons. The Bertz CT molecular complexity index is 637. The van der Waals surface area contributed by atoms with Gasteiger partial charge < -0.3 is 9.64 Å². The van der Waals surface area contributed by atoms with Gasteiger partial charge in [-0.05, 0) is 11.6 Å². The number of alkyl halides is 3. The lowest BCUT2D eigenvalue weighted by molar-refractivity contribution is -0.138. The molecule has 0 unspecified atom stereocenters. The van der Waals surface area contributed by atoms with Crippen LogP contribution < -0.4 is 0 Å². The van der Waals surface area contributed by atoms with Crippen molar-refractivity contribution in [3.8, 4) is 6.07 Å². The summed E-state index contributed by atoms with van der Waals surface area (Å²) in [7, 11) is 0. The summed E-state index contributed by atoms with van der Waals surface area (Å²) in [4.78, 5) is 16.3. The zero-order valence-electron chi connectivity index (χ0n) is 14.5. The van der Waals surface area contributed by atoms with Gasteiger partial charge in [0.15, 0.2) is 0 Å². The molecule has 1 aliphatic heterocycles. The highest BCUT2D eigenvalue weighted by Gasteiger charge is 2.30. The van der Waals surface area contributed by atoms with Crippen molar-refractivity contribution in [2.45, 2.75) is 19.0 Å². The van der Waals surface area contributed by atoms with E-state index in [2.05, 4.69) is 4.90 Å². The number of halogens is 3. The summed E-state index contributed by atoms with van der Waals surface area (Å²) in [6, 6.07) is 6.81. The molecule has 26 heavy (non-hydrogen) atoms. The van der Waals surface area contributed by atoms with Gasteiger partial charge in [0, 0.05) is 32.7 Å². The van der Waals surface area contributed by atoms with Crippen molar-refractivity contribution in [3.05, 3.63) is 35.4 Å². The Morgan fingerprint density at radius 2 is 2.00 bits per heavy atom. The average molecular weight is 369 g/mol. The summed E-state index contributed by atoms with van der Waals surface area (Å²) < 4.78 is 43.7. The molecular weight excluding hydrogens is 347 g/mol. The number of nitrogens with zero attached hydrogens (tertiary/aromatic N) is 3. The Kier molecular flexibility index (Phi) is 7.42. The molecule has 2 rings (SSSR count). The molecule has 0 saturated carbocycles. The minimum atomic E-state index is -4.43. The average Bonchev–Trinajstić information content (AvgIpc) is 2.62. The van der Waals surface area contributed by atoms with E-state index in [1.54, 1.807) is 4.90 Å². The molecular formula is C18H22F3N3O2. The molecule has 0 N–H and O–H groups in total. The Morgan fingerprint density at radius 1 is 1.27 bits per heavy atom. The van der Waals surface area contributed by atoms with Crippen LogP contribution in [0.5, 0.6) is 0 Å².